The summed E-state index contributed by atoms with van der Waals surface area (Å²) in [6, 6.07) is 1.91. The lowest BCUT2D eigenvalue weighted by Gasteiger charge is -2.18. The summed E-state index contributed by atoms with van der Waals surface area (Å²) < 4.78 is 1.91. The first kappa shape index (κ1) is 8.16. The van der Waals surface area contributed by atoms with Crippen molar-refractivity contribution in [3.8, 4) is 0 Å². The average molecular weight is 176 g/mol. The standard InChI is InChI=1S/C9H12N4/c1-9(2,3)13-6-7-4-5-10-11-8(7)12-13/h4-6H,1-3H3. The highest BCUT2D eigenvalue weighted by Gasteiger charge is 2.14. The molecule has 13 heavy (non-hydrogen) atoms. The van der Waals surface area contributed by atoms with E-state index >= 15 is 0 Å². The van der Waals surface area contributed by atoms with Crippen molar-refractivity contribution in [3.63, 3.8) is 0 Å². The minimum atomic E-state index is 0.000694. The van der Waals surface area contributed by atoms with Crippen molar-refractivity contribution in [1.29, 1.82) is 0 Å². The van der Waals surface area contributed by atoms with Crippen LogP contribution in [0.15, 0.2) is 18.5 Å². The minimum absolute atomic E-state index is 0.000694. The molecule has 2 aromatic rings. The highest BCUT2D eigenvalue weighted by molar-refractivity contribution is 5.72. The molecule has 0 bridgehead atoms. The van der Waals surface area contributed by atoms with Crippen molar-refractivity contribution in [1.82, 2.24) is 20.0 Å². The Morgan fingerprint density at radius 2 is 2.08 bits per heavy atom. The number of rotatable bonds is 0. The van der Waals surface area contributed by atoms with E-state index < -0.39 is 0 Å². The molecule has 0 aliphatic rings. The van der Waals surface area contributed by atoms with Crippen LogP contribution in [-0.2, 0) is 5.54 Å². The maximum Gasteiger partial charge on any atom is 0.202 e. The molecule has 0 aliphatic carbocycles. The zero-order valence-electron chi connectivity index (χ0n) is 8.02. The van der Waals surface area contributed by atoms with Crippen LogP contribution < -0.4 is 0 Å². The van der Waals surface area contributed by atoms with Crippen LogP contribution in [0, 0.1) is 0 Å². The first-order chi connectivity index (χ1) is 6.07. The normalized spacial score (nSPS) is 12.2. The zero-order chi connectivity index (χ0) is 9.47. The van der Waals surface area contributed by atoms with Crippen molar-refractivity contribution in [2.45, 2.75) is 26.3 Å². The SMILES string of the molecule is CC(C)(C)n1cc2ccnnc2n1. The number of nitrogens with zero attached hydrogens (tertiary/aromatic N) is 4. The Labute approximate surface area is 76.6 Å². The Hall–Kier alpha value is -1.45. The van der Waals surface area contributed by atoms with Crippen LogP contribution in [0.2, 0.25) is 0 Å². The van der Waals surface area contributed by atoms with Crippen LogP contribution in [-0.4, -0.2) is 20.0 Å². The Balaban J connectivity index is 2.63. The number of hydrogen-bond donors (Lipinski definition) is 0. The quantitative estimate of drug-likeness (QED) is 0.612. The second-order valence-electron chi connectivity index (χ2n) is 4.05. The van der Waals surface area contributed by atoms with E-state index in [1.165, 1.54) is 0 Å². The van der Waals surface area contributed by atoms with E-state index in [2.05, 4.69) is 36.1 Å². The fourth-order valence-corrected chi connectivity index (χ4v) is 1.12. The lowest BCUT2D eigenvalue weighted by molar-refractivity contribution is 0.357. The molecule has 4 heteroatoms. The summed E-state index contributed by atoms with van der Waals surface area (Å²) in [6.45, 7) is 6.31. The third kappa shape index (κ3) is 1.39. The molecule has 2 rings (SSSR count). The predicted molar refractivity (Wildman–Crippen MR) is 50.3 cm³/mol. The molecule has 0 aromatic carbocycles. The summed E-state index contributed by atoms with van der Waals surface area (Å²) in [6.07, 6.45) is 3.67. The van der Waals surface area contributed by atoms with Gasteiger partial charge in [-0.05, 0) is 26.8 Å². The maximum absolute atomic E-state index is 4.33. The lowest BCUT2D eigenvalue weighted by Crippen LogP contribution is -2.21. The van der Waals surface area contributed by atoms with Crippen molar-refractivity contribution < 1.29 is 0 Å². The molecule has 0 spiro atoms. The van der Waals surface area contributed by atoms with E-state index in [0.29, 0.717) is 5.65 Å². The topological polar surface area (TPSA) is 43.6 Å². The van der Waals surface area contributed by atoms with Crippen LogP contribution in [0.1, 0.15) is 20.8 Å². The van der Waals surface area contributed by atoms with Crippen LogP contribution in [0.5, 0.6) is 0 Å². The summed E-state index contributed by atoms with van der Waals surface area (Å²) in [5.74, 6) is 0. The molecule has 0 aliphatic heterocycles. The highest BCUT2D eigenvalue weighted by Crippen LogP contribution is 2.16. The van der Waals surface area contributed by atoms with Crippen molar-refractivity contribution >= 4 is 11.0 Å². The van der Waals surface area contributed by atoms with Crippen molar-refractivity contribution in [2.75, 3.05) is 0 Å². The Morgan fingerprint density at radius 3 is 2.69 bits per heavy atom. The summed E-state index contributed by atoms with van der Waals surface area (Å²) in [7, 11) is 0. The van der Waals surface area contributed by atoms with Gasteiger partial charge in [0.1, 0.15) is 0 Å². The van der Waals surface area contributed by atoms with Gasteiger partial charge in [0, 0.05) is 11.6 Å². The third-order valence-corrected chi connectivity index (χ3v) is 1.88. The van der Waals surface area contributed by atoms with Gasteiger partial charge < -0.3 is 0 Å². The van der Waals surface area contributed by atoms with Gasteiger partial charge in [-0.25, -0.2) is 0 Å². The largest absolute Gasteiger partial charge is 0.265 e. The lowest BCUT2D eigenvalue weighted by atomic mass is 10.1. The third-order valence-electron chi connectivity index (χ3n) is 1.88. The highest BCUT2D eigenvalue weighted by atomic mass is 15.3. The fraction of sp³-hybridized carbons (Fsp3) is 0.444. The van der Waals surface area contributed by atoms with Gasteiger partial charge in [-0.15, -0.1) is 10.2 Å². The molecule has 0 N–H and O–H groups in total. The van der Waals surface area contributed by atoms with Crippen LogP contribution in [0.4, 0.5) is 0 Å². The van der Waals surface area contributed by atoms with E-state index in [1.54, 1.807) is 6.20 Å². The van der Waals surface area contributed by atoms with Crippen molar-refractivity contribution in [2.24, 2.45) is 0 Å². The van der Waals surface area contributed by atoms with Crippen LogP contribution in [0.25, 0.3) is 11.0 Å². The van der Waals surface area contributed by atoms with Gasteiger partial charge in [0.2, 0.25) is 5.65 Å². The summed E-state index contributed by atoms with van der Waals surface area (Å²) >= 11 is 0. The Morgan fingerprint density at radius 1 is 1.31 bits per heavy atom. The molecule has 0 fully saturated rings. The van der Waals surface area contributed by atoms with Gasteiger partial charge in [-0.3, -0.25) is 4.68 Å². The summed E-state index contributed by atoms with van der Waals surface area (Å²) in [5, 5.41) is 13.1. The van der Waals surface area contributed by atoms with E-state index in [9.17, 15) is 0 Å². The van der Waals surface area contributed by atoms with Gasteiger partial charge in [-0.1, -0.05) is 0 Å². The fourth-order valence-electron chi connectivity index (χ4n) is 1.12. The molecule has 0 radical (unpaired) electrons. The molecule has 4 nitrogen and oxygen atoms in total. The molecule has 0 amide bonds. The first-order valence-corrected chi connectivity index (χ1v) is 4.25. The minimum Gasteiger partial charge on any atom is -0.265 e. The Bertz CT molecular complexity index is 391. The molecular formula is C9H12N4. The predicted octanol–water partition coefficient (Wildman–Crippen LogP) is 1.58. The first-order valence-electron chi connectivity index (χ1n) is 4.25. The smallest absolute Gasteiger partial charge is 0.202 e. The molecule has 0 unspecified atom stereocenters. The van der Waals surface area contributed by atoms with E-state index in [-0.39, 0.29) is 5.54 Å². The Kier molecular flexibility index (Phi) is 1.58. The molecule has 68 valence electrons. The van der Waals surface area contributed by atoms with E-state index in [0.717, 1.165) is 5.39 Å². The molecule has 2 heterocycles. The zero-order valence-corrected chi connectivity index (χ0v) is 8.02. The molecule has 0 atom stereocenters. The van der Waals surface area contributed by atoms with E-state index in [1.807, 2.05) is 16.9 Å². The van der Waals surface area contributed by atoms with Gasteiger partial charge in [-0.2, -0.15) is 5.10 Å². The molecule has 2 aromatic heterocycles. The summed E-state index contributed by atoms with van der Waals surface area (Å²) in [5.41, 5.74) is 0.707. The van der Waals surface area contributed by atoms with Gasteiger partial charge in [0.15, 0.2) is 0 Å². The number of aromatic nitrogens is 4. The van der Waals surface area contributed by atoms with Crippen LogP contribution >= 0.6 is 0 Å². The van der Waals surface area contributed by atoms with Crippen molar-refractivity contribution in [3.05, 3.63) is 18.5 Å². The maximum atomic E-state index is 4.33. The number of hydrogen-bond acceptors (Lipinski definition) is 3. The second-order valence-corrected chi connectivity index (χ2v) is 4.05. The molecule has 0 saturated carbocycles. The summed E-state index contributed by atoms with van der Waals surface area (Å²) in [4.78, 5) is 0. The van der Waals surface area contributed by atoms with E-state index in [4.69, 9.17) is 0 Å². The second kappa shape index (κ2) is 2.52. The van der Waals surface area contributed by atoms with Gasteiger partial charge in [0.25, 0.3) is 0 Å². The number of fused-ring (bicyclic) bond motifs is 1. The molecular weight excluding hydrogens is 164 g/mol. The monoisotopic (exact) mass is 176 g/mol. The van der Waals surface area contributed by atoms with Crippen LogP contribution in [0.3, 0.4) is 0 Å². The van der Waals surface area contributed by atoms with Gasteiger partial charge >= 0.3 is 0 Å². The average Bonchev–Trinajstić information content (AvgIpc) is 2.45. The molecule has 0 saturated heterocycles. The van der Waals surface area contributed by atoms with Gasteiger partial charge in [0.05, 0.1) is 11.7 Å².